The molecule has 156 valence electrons. The van der Waals surface area contributed by atoms with Crippen LogP contribution in [0.5, 0.6) is 0 Å². The van der Waals surface area contributed by atoms with Gasteiger partial charge in [-0.05, 0) is 28.8 Å². The minimum absolute atomic E-state index is 0.0261. The van der Waals surface area contributed by atoms with Gasteiger partial charge >= 0.3 is 0 Å². The van der Waals surface area contributed by atoms with Gasteiger partial charge in [0, 0.05) is 38.9 Å². The van der Waals surface area contributed by atoms with Gasteiger partial charge in [-0.3, -0.25) is 4.90 Å². The fourth-order valence-corrected chi connectivity index (χ4v) is 3.80. The van der Waals surface area contributed by atoms with E-state index in [0.717, 1.165) is 49.7 Å². The molecule has 1 aliphatic heterocycles. The van der Waals surface area contributed by atoms with E-state index in [1.165, 1.54) is 5.56 Å². The third-order valence-corrected chi connectivity index (χ3v) is 5.56. The SMILES string of the molecule is OCC(OCc1ccccc1)c1ccc(CN2CCN(c3ccccn3)CC2)cc1. The minimum Gasteiger partial charge on any atom is -0.393 e. The van der Waals surface area contributed by atoms with Gasteiger partial charge in [0.2, 0.25) is 0 Å². The van der Waals surface area contributed by atoms with Gasteiger partial charge in [0.05, 0.1) is 13.2 Å². The van der Waals surface area contributed by atoms with Crippen LogP contribution in [0.15, 0.2) is 79.0 Å². The molecule has 5 nitrogen and oxygen atoms in total. The molecule has 1 N–H and O–H groups in total. The monoisotopic (exact) mass is 403 g/mol. The van der Waals surface area contributed by atoms with E-state index in [-0.39, 0.29) is 12.7 Å². The zero-order chi connectivity index (χ0) is 20.6. The van der Waals surface area contributed by atoms with Gasteiger partial charge in [0.1, 0.15) is 11.9 Å². The van der Waals surface area contributed by atoms with Crippen LogP contribution in [-0.2, 0) is 17.9 Å². The lowest BCUT2D eigenvalue weighted by Gasteiger charge is -2.35. The first kappa shape index (κ1) is 20.5. The van der Waals surface area contributed by atoms with Crippen LogP contribution in [0.25, 0.3) is 0 Å². The summed E-state index contributed by atoms with van der Waals surface area (Å²) in [5.74, 6) is 1.06. The van der Waals surface area contributed by atoms with Gasteiger partial charge in [-0.25, -0.2) is 4.98 Å². The number of aliphatic hydroxyl groups excluding tert-OH is 1. The summed E-state index contributed by atoms with van der Waals surface area (Å²) in [6, 6.07) is 24.6. The Bertz CT molecular complexity index is 879. The van der Waals surface area contributed by atoms with Crippen molar-refractivity contribution in [1.29, 1.82) is 0 Å². The number of pyridine rings is 1. The van der Waals surface area contributed by atoms with Crippen molar-refractivity contribution in [3.05, 3.63) is 95.7 Å². The fourth-order valence-electron chi connectivity index (χ4n) is 3.80. The molecule has 2 heterocycles. The molecule has 0 amide bonds. The maximum absolute atomic E-state index is 9.76. The van der Waals surface area contributed by atoms with Crippen LogP contribution in [0.1, 0.15) is 22.8 Å². The largest absolute Gasteiger partial charge is 0.393 e. The molecule has 1 fully saturated rings. The molecule has 0 radical (unpaired) electrons. The van der Waals surface area contributed by atoms with E-state index in [1.807, 2.05) is 48.7 Å². The Balaban J connectivity index is 1.28. The fraction of sp³-hybridized carbons (Fsp3) is 0.320. The van der Waals surface area contributed by atoms with Crippen molar-refractivity contribution in [3.63, 3.8) is 0 Å². The van der Waals surface area contributed by atoms with Crippen LogP contribution in [0.2, 0.25) is 0 Å². The number of piperazine rings is 1. The van der Waals surface area contributed by atoms with Crippen molar-refractivity contribution in [2.45, 2.75) is 19.3 Å². The summed E-state index contributed by atoms with van der Waals surface area (Å²) < 4.78 is 5.94. The average molecular weight is 404 g/mol. The van der Waals surface area contributed by atoms with Crippen molar-refractivity contribution in [1.82, 2.24) is 9.88 Å². The van der Waals surface area contributed by atoms with E-state index in [1.54, 1.807) is 0 Å². The second-order valence-corrected chi connectivity index (χ2v) is 7.66. The number of hydrogen-bond acceptors (Lipinski definition) is 5. The predicted octanol–water partition coefficient (Wildman–Crippen LogP) is 3.65. The standard InChI is InChI=1S/C25H29N3O2/c29-19-24(30-20-22-6-2-1-3-7-22)23-11-9-21(10-12-23)18-27-14-16-28(17-15-27)25-8-4-5-13-26-25/h1-13,24,29H,14-20H2. The van der Waals surface area contributed by atoms with Crippen LogP contribution in [0.3, 0.4) is 0 Å². The number of anilines is 1. The summed E-state index contributed by atoms with van der Waals surface area (Å²) in [6.07, 6.45) is 1.55. The van der Waals surface area contributed by atoms with Crippen LogP contribution in [0, 0.1) is 0 Å². The molecule has 1 saturated heterocycles. The molecule has 0 aliphatic carbocycles. The number of benzene rings is 2. The Labute approximate surface area is 178 Å². The van der Waals surface area contributed by atoms with Crippen molar-refractivity contribution >= 4 is 5.82 Å². The van der Waals surface area contributed by atoms with Crippen molar-refractivity contribution < 1.29 is 9.84 Å². The minimum atomic E-state index is -0.304. The number of rotatable bonds is 8. The molecule has 5 heteroatoms. The van der Waals surface area contributed by atoms with Crippen LogP contribution in [0.4, 0.5) is 5.82 Å². The van der Waals surface area contributed by atoms with Crippen molar-refractivity contribution in [2.24, 2.45) is 0 Å². The molecule has 1 atom stereocenters. The van der Waals surface area contributed by atoms with E-state index >= 15 is 0 Å². The maximum atomic E-state index is 9.76. The summed E-state index contributed by atoms with van der Waals surface area (Å²) >= 11 is 0. The highest BCUT2D eigenvalue weighted by Gasteiger charge is 2.18. The topological polar surface area (TPSA) is 48.8 Å². The summed E-state index contributed by atoms with van der Waals surface area (Å²) in [4.78, 5) is 9.27. The lowest BCUT2D eigenvalue weighted by molar-refractivity contribution is 0.00109. The van der Waals surface area contributed by atoms with Crippen LogP contribution < -0.4 is 4.90 Å². The van der Waals surface area contributed by atoms with Crippen molar-refractivity contribution in [3.8, 4) is 0 Å². The first-order valence-electron chi connectivity index (χ1n) is 10.6. The third kappa shape index (κ3) is 5.45. The van der Waals surface area contributed by atoms with E-state index in [4.69, 9.17) is 4.74 Å². The molecule has 3 aromatic rings. The lowest BCUT2D eigenvalue weighted by atomic mass is 10.1. The third-order valence-electron chi connectivity index (χ3n) is 5.56. The van der Waals surface area contributed by atoms with Gasteiger partial charge in [0.15, 0.2) is 0 Å². The van der Waals surface area contributed by atoms with Gasteiger partial charge in [-0.2, -0.15) is 0 Å². The first-order valence-corrected chi connectivity index (χ1v) is 10.6. The Hall–Kier alpha value is -2.73. The second kappa shape index (κ2) is 10.3. The molecule has 0 spiro atoms. The van der Waals surface area contributed by atoms with E-state index in [2.05, 4.69) is 45.1 Å². The molecule has 0 saturated carbocycles. The molecule has 1 unspecified atom stereocenters. The Morgan fingerprint density at radius 2 is 1.57 bits per heavy atom. The molecular weight excluding hydrogens is 374 g/mol. The van der Waals surface area contributed by atoms with Crippen LogP contribution in [-0.4, -0.2) is 47.8 Å². The summed E-state index contributed by atoms with van der Waals surface area (Å²) in [6.45, 7) is 5.45. The summed E-state index contributed by atoms with van der Waals surface area (Å²) in [7, 11) is 0. The first-order chi connectivity index (χ1) is 14.8. The number of ether oxygens (including phenoxy) is 1. The van der Waals surface area contributed by atoms with Gasteiger partial charge in [-0.15, -0.1) is 0 Å². The smallest absolute Gasteiger partial charge is 0.128 e. The second-order valence-electron chi connectivity index (χ2n) is 7.66. The van der Waals surface area contributed by atoms with E-state index < -0.39 is 0 Å². The number of nitrogens with zero attached hydrogens (tertiary/aromatic N) is 3. The van der Waals surface area contributed by atoms with E-state index in [9.17, 15) is 5.11 Å². The highest BCUT2D eigenvalue weighted by Crippen LogP contribution is 2.21. The molecule has 4 rings (SSSR count). The highest BCUT2D eigenvalue weighted by atomic mass is 16.5. The zero-order valence-corrected chi connectivity index (χ0v) is 17.2. The Morgan fingerprint density at radius 1 is 0.833 bits per heavy atom. The molecule has 1 aromatic heterocycles. The van der Waals surface area contributed by atoms with Gasteiger partial charge < -0.3 is 14.7 Å². The van der Waals surface area contributed by atoms with Crippen LogP contribution >= 0.6 is 0 Å². The number of aliphatic hydroxyl groups is 1. The quantitative estimate of drug-likeness (QED) is 0.622. The number of hydrogen-bond donors (Lipinski definition) is 1. The van der Waals surface area contributed by atoms with Crippen molar-refractivity contribution in [2.75, 3.05) is 37.7 Å². The molecule has 30 heavy (non-hydrogen) atoms. The maximum Gasteiger partial charge on any atom is 0.128 e. The molecule has 0 bridgehead atoms. The average Bonchev–Trinajstić information content (AvgIpc) is 2.82. The normalized spacial score (nSPS) is 15.8. The molecule has 1 aliphatic rings. The van der Waals surface area contributed by atoms with Gasteiger partial charge in [0.25, 0.3) is 0 Å². The zero-order valence-electron chi connectivity index (χ0n) is 17.2. The molecular formula is C25H29N3O2. The Kier molecular flexibility index (Phi) is 7.08. The molecule has 2 aromatic carbocycles. The highest BCUT2D eigenvalue weighted by molar-refractivity contribution is 5.38. The Morgan fingerprint density at radius 3 is 2.23 bits per heavy atom. The number of aromatic nitrogens is 1. The lowest BCUT2D eigenvalue weighted by Crippen LogP contribution is -2.46. The predicted molar refractivity (Wildman–Crippen MR) is 119 cm³/mol. The van der Waals surface area contributed by atoms with E-state index in [0.29, 0.717) is 6.61 Å². The van der Waals surface area contributed by atoms with Gasteiger partial charge in [-0.1, -0.05) is 60.7 Å². The summed E-state index contributed by atoms with van der Waals surface area (Å²) in [5.41, 5.74) is 3.40. The summed E-state index contributed by atoms with van der Waals surface area (Å²) in [5, 5.41) is 9.76.